The molecule has 2 amide bonds. The van der Waals surface area contributed by atoms with E-state index in [1.54, 1.807) is 43.3 Å². The van der Waals surface area contributed by atoms with E-state index in [4.69, 9.17) is 10.5 Å². The maximum Gasteiger partial charge on any atom is 0.259 e. The molecule has 0 bridgehead atoms. The van der Waals surface area contributed by atoms with E-state index >= 15 is 0 Å². The van der Waals surface area contributed by atoms with Crippen molar-refractivity contribution in [2.24, 2.45) is 5.73 Å². The number of carbonyl (C=O) groups excluding carboxylic acids is 2. The number of nitrogens with two attached hydrogens (primary N) is 1. The van der Waals surface area contributed by atoms with Gasteiger partial charge in [0, 0.05) is 23.6 Å². The third-order valence-electron chi connectivity index (χ3n) is 4.98. The molecule has 0 spiro atoms. The number of hydrogen-bond donors (Lipinski definition) is 2. The third kappa shape index (κ3) is 4.25. The number of imidazole rings is 1. The number of amides is 2. The van der Waals surface area contributed by atoms with Crippen molar-refractivity contribution in [3.63, 3.8) is 0 Å². The van der Waals surface area contributed by atoms with Gasteiger partial charge in [0.15, 0.2) is 0 Å². The molecule has 0 unspecified atom stereocenters. The van der Waals surface area contributed by atoms with Crippen LogP contribution >= 0.6 is 0 Å². The number of para-hydroxylation sites is 1. The summed E-state index contributed by atoms with van der Waals surface area (Å²) in [5.41, 5.74) is 10.1. The van der Waals surface area contributed by atoms with E-state index in [0.29, 0.717) is 28.1 Å². The lowest BCUT2D eigenvalue weighted by molar-refractivity contribution is 0.0997. The smallest absolute Gasteiger partial charge is 0.259 e. The summed E-state index contributed by atoms with van der Waals surface area (Å²) < 4.78 is 7.88. The Labute approximate surface area is 179 Å². The topological polar surface area (TPSA) is 98.7 Å². The molecule has 3 N–H and O–H groups in total. The number of pyridine rings is 1. The number of nitrogens with zero attached hydrogens (tertiary/aromatic N) is 2. The molecular weight excluding hydrogens is 392 g/mol. The van der Waals surface area contributed by atoms with Crippen LogP contribution in [0.25, 0.3) is 5.65 Å². The number of ether oxygens (including phenoxy) is 1. The zero-order valence-electron chi connectivity index (χ0n) is 17.3. The van der Waals surface area contributed by atoms with Crippen molar-refractivity contribution in [2.75, 3.05) is 5.32 Å². The molecule has 0 aliphatic heterocycles. The zero-order chi connectivity index (χ0) is 22.0. The van der Waals surface area contributed by atoms with Gasteiger partial charge in [0.05, 0.1) is 11.3 Å². The molecule has 0 fully saturated rings. The molecule has 4 aromatic rings. The number of aryl methyl sites for hydroxylation is 2. The number of nitrogens with one attached hydrogen (secondary N) is 1. The average molecular weight is 414 g/mol. The number of primary amides is 1. The molecule has 2 aromatic heterocycles. The Morgan fingerprint density at radius 3 is 2.58 bits per heavy atom. The van der Waals surface area contributed by atoms with Gasteiger partial charge in [-0.05, 0) is 61.4 Å². The normalized spacial score (nSPS) is 10.8. The molecular formula is C24H22N4O3. The number of fused-ring (bicyclic) bond motifs is 1. The van der Waals surface area contributed by atoms with Gasteiger partial charge in [-0.2, -0.15) is 0 Å². The van der Waals surface area contributed by atoms with Crippen molar-refractivity contribution in [2.45, 2.75) is 20.5 Å². The van der Waals surface area contributed by atoms with Gasteiger partial charge in [-0.1, -0.05) is 18.2 Å². The Morgan fingerprint density at radius 1 is 1.03 bits per heavy atom. The first-order valence-electron chi connectivity index (χ1n) is 9.79. The van der Waals surface area contributed by atoms with Gasteiger partial charge in [-0.3, -0.25) is 9.59 Å². The second kappa shape index (κ2) is 8.31. The highest BCUT2D eigenvalue weighted by molar-refractivity contribution is 6.06. The van der Waals surface area contributed by atoms with Crippen LogP contribution in [0.2, 0.25) is 0 Å². The van der Waals surface area contributed by atoms with E-state index in [1.165, 1.54) is 0 Å². The maximum atomic E-state index is 12.9. The van der Waals surface area contributed by atoms with E-state index < -0.39 is 5.91 Å². The van der Waals surface area contributed by atoms with Crippen molar-refractivity contribution in [3.8, 4) is 5.75 Å². The minimum Gasteiger partial charge on any atom is -0.486 e. The van der Waals surface area contributed by atoms with Crippen molar-refractivity contribution in [3.05, 3.63) is 94.9 Å². The Morgan fingerprint density at radius 2 is 1.84 bits per heavy atom. The van der Waals surface area contributed by atoms with Gasteiger partial charge < -0.3 is 20.2 Å². The lowest BCUT2D eigenvalue weighted by Crippen LogP contribution is -2.15. The largest absolute Gasteiger partial charge is 0.486 e. The van der Waals surface area contributed by atoms with Crippen LogP contribution in [-0.4, -0.2) is 21.2 Å². The Hall–Kier alpha value is -4.13. The molecule has 0 aliphatic rings. The van der Waals surface area contributed by atoms with Gasteiger partial charge >= 0.3 is 0 Å². The fourth-order valence-corrected chi connectivity index (χ4v) is 3.42. The lowest BCUT2D eigenvalue weighted by Gasteiger charge is -2.12. The Bertz CT molecular complexity index is 1290. The van der Waals surface area contributed by atoms with E-state index in [1.807, 2.05) is 41.9 Å². The van der Waals surface area contributed by atoms with E-state index in [-0.39, 0.29) is 12.5 Å². The Kier molecular flexibility index (Phi) is 5.41. The minimum absolute atomic E-state index is 0.234. The Balaban J connectivity index is 1.51. The number of aromatic nitrogens is 2. The lowest BCUT2D eigenvalue weighted by atomic mass is 10.1. The van der Waals surface area contributed by atoms with Crippen LogP contribution in [0.15, 0.2) is 67.0 Å². The van der Waals surface area contributed by atoms with Gasteiger partial charge in [0.25, 0.3) is 5.91 Å². The summed E-state index contributed by atoms with van der Waals surface area (Å²) in [6.45, 7) is 4.01. The highest BCUT2D eigenvalue weighted by atomic mass is 16.5. The molecule has 0 aliphatic carbocycles. The van der Waals surface area contributed by atoms with Crippen LogP contribution in [0.1, 0.15) is 37.5 Å². The maximum absolute atomic E-state index is 12.9. The quantitative estimate of drug-likeness (QED) is 0.500. The molecule has 156 valence electrons. The minimum atomic E-state index is -0.503. The van der Waals surface area contributed by atoms with Crippen LogP contribution in [0.5, 0.6) is 5.75 Å². The van der Waals surface area contributed by atoms with Gasteiger partial charge in [0.1, 0.15) is 18.0 Å². The van der Waals surface area contributed by atoms with Crippen LogP contribution in [0, 0.1) is 13.8 Å². The highest BCUT2D eigenvalue weighted by Gasteiger charge is 2.14. The SMILES string of the molecule is Cc1cc(NC(=O)c2ccccc2OCc2cn3cccc(C)c3n2)ccc1C(N)=O. The summed E-state index contributed by atoms with van der Waals surface area (Å²) in [5, 5.41) is 2.84. The fourth-order valence-electron chi connectivity index (χ4n) is 3.42. The standard InChI is InChI=1S/C24H22N4O3/c1-15-6-5-11-28-13-18(26-23(15)28)14-31-21-8-4-3-7-20(21)24(30)27-17-9-10-19(22(25)29)16(2)12-17/h3-13H,14H2,1-2H3,(H2,25,29)(H,27,30). The molecule has 2 heterocycles. The molecule has 31 heavy (non-hydrogen) atoms. The second-order valence-electron chi connectivity index (χ2n) is 7.29. The number of carbonyl (C=O) groups is 2. The van der Waals surface area contributed by atoms with Crippen molar-refractivity contribution < 1.29 is 14.3 Å². The number of rotatable bonds is 6. The van der Waals surface area contributed by atoms with Crippen molar-refractivity contribution in [1.29, 1.82) is 0 Å². The first-order chi connectivity index (χ1) is 14.9. The fraction of sp³-hybridized carbons (Fsp3) is 0.125. The molecule has 7 heteroatoms. The third-order valence-corrected chi connectivity index (χ3v) is 4.98. The summed E-state index contributed by atoms with van der Waals surface area (Å²) in [6.07, 6.45) is 3.85. The highest BCUT2D eigenvalue weighted by Crippen LogP contribution is 2.22. The summed E-state index contributed by atoms with van der Waals surface area (Å²) in [4.78, 5) is 28.9. The predicted molar refractivity (Wildman–Crippen MR) is 118 cm³/mol. The molecule has 4 rings (SSSR count). The summed E-state index contributed by atoms with van der Waals surface area (Å²) in [6, 6.07) is 16.0. The summed E-state index contributed by atoms with van der Waals surface area (Å²) in [5.74, 6) is -0.358. The number of anilines is 1. The first kappa shape index (κ1) is 20.2. The van der Waals surface area contributed by atoms with Crippen LogP contribution < -0.4 is 15.8 Å². The van der Waals surface area contributed by atoms with Crippen molar-refractivity contribution >= 4 is 23.1 Å². The monoisotopic (exact) mass is 414 g/mol. The van der Waals surface area contributed by atoms with E-state index in [2.05, 4.69) is 10.3 Å². The van der Waals surface area contributed by atoms with Gasteiger partial charge in [-0.15, -0.1) is 0 Å². The second-order valence-corrected chi connectivity index (χ2v) is 7.29. The van der Waals surface area contributed by atoms with Gasteiger partial charge in [0.2, 0.25) is 5.91 Å². The molecule has 0 radical (unpaired) electrons. The molecule has 0 saturated heterocycles. The number of hydrogen-bond acceptors (Lipinski definition) is 4. The zero-order valence-corrected chi connectivity index (χ0v) is 17.3. The molecule has 2 aromatic carbocycles. The average Bonchev–Trinajstić information content (AvgIpc) is 3.17. The van der Waals surface area contributed by atoms with Crippen LogP contribution in [0.4, 0.5) is 5.69 Å². The predicted octanol–water partition coefficient (Wildman–Crippen LogP) is 3.88. The molecule has 0 atom stereocenters. The van der Waals surface area contributed by atoms with Gasteiger partial charge in [-0.25, -0.2) is 4.98 Å². The van der Waals surface area contributed by atoms with Crippen molar-refractivity contribution in [1.82, 2.24) is 9.38 Å². The molecule has 0 saturated carbocycles. The van der Waals surface area contributed by atoms with E-state index in [0.717, 1.165) is 16.9 Å². The summed E-state index contributed by atoms with van der Waals surface area (Å²) >= 11 is 0. The summed E-state index contributed by atoms with van der Waals surface area (Å²) in [7, 11) is 0. The van der Waals surface area contributed by atoms with Crippen LogP contribution in [0.3, 0.4) is 0 Å². The first-order valence-corrected chi connectivity index (χ1v) is 9.79. The molecule has 7 nitrogen and oxygen atoms in total. The van der Waals surface area contributed by atoms with Crippen LogP contribution in [-0.2, 0) is 6.61 Å². The number of benzene rings is 2. The van der Waals surface area contributed by atoms with E-state index in [9.17, 15) is 9.59 Å².